The third-order valence-corrected chi connectivity index (χ3v) is 4.81. The van der Waals surface area contributed by atoms with Crippen molar-refractivity contribution in [1.29, 1.82) is 0 Å². The molecule has 0 saturated carbocycles. The van der Waals surface area contributed by atoms with Crippen LogP contribution in [0.1, 0.15) is 15.9 Å². The summed E-state index contributed by atoms with van der Waals surface area (Å²) < 4.78 is 39.3. The number of carbonyl (C=O) groups excluding carboxylic acids is 1. The van der Waals surface area contributed by atoms with Crippen LogP contribution in [-0.2, 0) is 6.18 Å². The van der Waals surface area contributed by atoms with Crippen LogP contribution in [0.3, 0.4) is 0 Å². The van der Waals surface area contributed by atoms with E-state index in [9.17, 15) is 22.8 Å². The van der Waals surface area contributed by atoms with Gasteiger partial charge in [-0.25, -0.2) is 9.97 Å². The van der Waals surface area contributed by atoms with Crippen molar-refractivity contribution in [2.24, 2.45) is 0 Å². The molecule has 3 aromatic rings. The Bertz CT molecular complexity index is 1100. The Morgan fingerprint density at radius 3 is 2.38 bits per heavy atom. The van der Waals surface area contributed by atoms with Gasteiger partial charge in [0, 0.05) is 44.8 Å². The molecule has 1 aliphatic heterocycles. The van der Waals surface area contributed by atoms with Crippen molar-refractivity contribution >= 4 is 17.4 Å². The standard InChI is InChI=1S/C19H16F3N5O2/c20-19(21,22)13-4-5-15(23-11-13)25-7-9-26(10-8-25)17(28)14-12-24-16-3-1-2-6-27(16)18(14)29/h1-6,11-12H,7-10H2. The van der Waals surface area contributed by atoms with Gasteiger partial charge in [-0.2, -0.15) is 13.2 Å². The van der Waals surface area contributed by atoms with E-state index >= 15 is 0 Å². The second-order valence-electron chi connectivity index (χ2n) is 6.59. The summed E-state index contributed by atoms with van der Waals surface area (Å²) in [5, 5.41) is 0. The molecular weight excluding hydrogens is 387 g/mol. The molecule has 0 unspecified atom stereocenters. The van der Waals surface area contributed by atoms with Crippen LogP contribution in [0.5, 0.6) is 0 Å². The number of aromatic nitrogens is 3. The van der Waals surface area contributed by atoms with Gasteiger partial charge in [-0.1, -0.05) is 6.07 Å². The van der Waals surface area contributed by atoms with Crippen LogP contribution in [0, 0.1) is 0 Å². The third kappa shape index (κ3) is 3.65. The number of rotatable bonds is 2. The van der Waals surface area contributed by atoms with Gasteiger partial charge in [0.2, 0.25) is 0 Å². The molecule has 1 fully saturated rings. The van der Waals surface area contributed by atoms with Crippen LogP contribution < -0.4 is 10.5 Å². The molecule has 29 heavy (non-hydrogen) atoms. The van der Waals surface area contributed by atoms with E-state index < -0.39 is 23.2 Å². The van der Waals surface area contributed by atoms with Gasteiger partial charge < -0.3 is 9.80 Å². The number of fused-ring (bicyclic) bond motifs is 1. The predicted octanol–water partition coefficient (Wildman–Crippen LogP) is 2.07. The third-order valence-electron chi connectivity index (χ3n) is 4.81. The summed E-state index contributed by atoms with van der Waals surface area (Å²) in [5.74, 6) is -0.00155. The molecule has 0 bridgehead atoms. The molecule has 0 aliphatic carbocycles. The number of hydrogen-bond donors (Lipinski definition) is 0. The van der Waals surface area contributed by atoms with E-state index in [1.165, 1.54) is 21.6 Å². The van der Waals surface area contributed by atoms with Crippen molar-refractivity contribution in [2.45, 2.75) is 6.18 Å². The highest BCUT2D eigenvalue weighted by molar-refractivity contribution is 5.94. The van der Waals surface area contributed by atoms with Crippen molar-refractivity contribution in [3.63, 3.8) is 0 Å². The molecule has 4 rings (SSSR count). The lowest BCUT2D eigenvalue weighted by Gasteiger charge is -2.35. The Kier molecular flexibility index (Phi) is 4.69. The quantitative estimate of drug-likeness (QED) is 0.655. The molecule has 7 nitrogen and oxygen atoms in total. The lowest BCUT2D eigenvalue weighted by Crippen LogP contribution is -2.50. The second-order valence-corrected chi connectivity index (χ2v) is 6.59. The Hall–Kier alpha value is -3.43. The number of pyridine rings is 2. The highest BCUT2D eigenvalue weighted by Crippen LogP contribution is 2.29. The maximum atomic E-state index is 12.8. The number of alkyl halides is 3. The zero-order valence-corrected chi connectivity index (χ0v) is 15.1. The Labute approximate surface area is 163 Å². The van der Waals surface area contributed by atoms with Crippen LogP contribution in [0.4, 0.5) is 19.0 Å². The first-order chi connectivity index (χ1) is 13.8. The van der Waals surface area contributed by atoms with Crippen molar-refractivity contribution < 1.29 is 18.0 Å². The van der Waals surface area contributed by atoms with Crippen molar-refractivity contribution in [2.75, 3.05) is 31.1 Å². The molecule has 1 aliphatic rings. The van der Waals surface area contributed by atoms with Crippen molar-refractivity contribution in [1.82, 2.24) is 19.3 Å². The number of carbonyl (C=O) groups is 1. The summed E-state index contributed by atoms with van der Waals surface area (Å²) in [4.78, 5) is 36.7. The van der Waals surface area contributed by atoms with Crippen LogP contribution in [0.25, 0.3) is 5.65 Å². The normalized spacial score (nSPS) is 15.0. The van der Waals surface area contributed by atoms with Gasteiger partial charge in [0.25, 0.3) is 11.5 Å². The molecule has 0 radical (unpaired) electrons. The molecular formula is C19H16F3N5O2. The Morgan fingerprint density at radius 2 is 1.72 bits per heavy atom. The van der Waals surface area contributed by atoms with Gasteiger partial charge in [0.1, 0.15) is 17.0 Å². The number of halogens is 3. The smallest absolute Gasteiger partial charge is 0.353 e. The van der Waals surface area contributed by atoms with Crippen LogP contribution in [-0.4, -0.2) is 51.4 Å². The van der Waals surface area contributed by atoms with Crippen LogP contribution >= 0.6 is 0 Å². The molecule has 150 valence electrons. The first kappa shape index (κ1) is 18.9. The van der Waals surface area contributed by atoms with Crippen molar-refractivity contribution in [3.05, 3.63) is 70.4 Å². The van der Waals surface area contributed by atoms with Gasteiger partial charge in [0.05, 0.1) is 5.56 Å². The van der Waals surface area contributed by atoms with Gasteiger partial charge >= 0.3 is 6.18 Å². The zero-order chi connectivity index (χ0) is 20.6. The number of hydrogen-bond acceptors (Lipinski definition) is 5. The summed E-state index contributed by atoms with van der Waals surface area (Å²) in [6, 6.07) is 7.41. The van der Waals surface area contributed by atoms with Gasteiger partial charge in [-0.05, 0) is 24.3 Å². The summed E-state index contributed by atoms with van der Waals surface area (Å²) in [6.07, 6.45) is -0.799. The van der Waals surface area contributed by atoms with Gasteiger partial charge in [0.15, 0.2) is 0 Å². The zero-order valence-electron chi connectivity index (χ0n) is 15.1. The topological polar surface area (TPSA) is 70.8 Å². The Morgan fingerprint density at radius 1 is 0.966 bits per heavy atom. The van der Waals surface area contributed by atoms with Crippen molar-refractivity contribution in [3.8, 4) is 0 Å². The number of anilines is 1. The molecule has 1 saturated heterocycles. The summed E-state index contributed by atoms with van der Waals surface area (Å²) in [5.41, 5.74) is -0.811. The Balaban J connectivity index is 1.46. The fourth-order valence-corrected chi connectivity index (χ4v) is 3.22. The van der Waals surface area contributed by atoms with Crippen LogP contribution in [0.2, 0.25) is 0 Å². The molecule has 4 heterocycles. The largest absolute Gasteiger partial charge is 0.417 e. The fourth-order valence-electron chi connectivity index (χ4n) is 3.22. The molecule has 10 heteroatoms. The maximum Gasteiger partial charge on any atom is 0.417 e. The first-order valence-electron chi connectivity index (χ1n) is 8.88. The molecule has 0 N–H and O–H groups in total. The minimum atomic E-state index is -4.43. The first-order valence-corrected chi connectivity index (χ1v) is 8.88. The number of nitrogens with zero attached hydrogens (tertiary/aromatic N) is 5. The molecule has 1 amide bonds. The maximum absolute atomic E-state index is 12.8. The SMILES string of the molecule is O=C(c1cnc2ccccn2c1=O)N1CCN(c2ccc(C(F)(F)F)cn2)CC1. The highest BCUT2D eigenvalue weighted by Gasteiger charge is 2.31. The summed E-state index contributed by atoms with van der Waals surface area (Å²) in [7, 11) is 0. The predicted molar refractivity (Wildman–Crippen MR) is 98.8 cm³/mol. The minimum absolute atomic E-state index is 0.0187. The van der Waals surface area contributed by atoms with E-state index in [1.54, 1.807) is 29.3 Å². The minimum Gasteiger partial charge on any atom is -0.353 e. The summed E-state index contributed by atoms with van der Waals surface area (Å²) in [6.45, 7) is 1.43. The average Bonchev–Trinajstić information content (AvgIpc) is 2.73. The van der Waals surface area contributed by atoms with Gasteiger partial charge in [-0.15, -0.1) is 0 Å². The lowest BCUT2D eigenvalue weighted by atomic mass is 10.2. The van der Waals surface area contributed by atoms with E-state index in [-0.39, 0.29) is 5.56 Å². The lowest BCUT2D eigenvalue weighted by molar-refractivity contribution is -0.137. The molecule has 0 atom stereocenters. The molecule has 3 aromatic heterocycles. The van der Waals surface area contributed by atoms with E-state index in [0.717, 1.165) is 12.3 Å². The fraction of sp³-hybridized carbons (Fsp3) is 0.263. The average molecular weight is 403 g/mol. The number of amides is 1. The van der Waals surface area contributed by atoms with Crippen LogP contribution in [0.15, 0.2) is 53.7 Å². The molecule has 0 aromatic carbocycles. The molecule has 0 spiro atoms. The number of piperazine rings is 1. The van der Waals surface area contributed by atoms with E-state index in [4.69, 9.17) is 0 Å². The van der Waals surface area contributed by atoms with Gasteiger partial charge in [-0.3, -0.25) is 14.0 Å². The monoisotopic (exact) mass is 403 g/mol. The highest BCUT2D eigenvalue weighted by atomic mass is 19.4. The second kappa shape index (κ2) is 7.19. The van der Waals surface area contributed by atoms with E-state index in [1.807, 2.05) is 0 Å². The van der Waals surface area contributed by atoms with E-state index in [2.05, 4.69) is 9.97 Å². The van der Waals surface area contributed by atoms with E-state index in [0.29, 0.717) is 37.6 Å². The summed E-state index contributed by atoms with van der Waals surface area (Å²) >= 11 is 0.